The first-order valence-corrected chi connectivity index (χ1v) is 9.65. The number of hydrogen-bond donors (Lipinski definition) is 3. The fraction of sp³-hybridized carbons (Fsp3) is 0.0870. The van der Waals surface area contributed by atoms with E-state index in [0.717, 1.165) is 27.7 Å². The second-order valence-electron chi connectivity index (χ2n) is 7.16. The van der Waals surface area contributed by atoms with Crippen LogP contribution in [0.3, 0.4) is 0 Å². The molecular weight excluding hydrogens is 378 g/mol. The van der Waals surface area contributed by atoms with E-state index in [1.54, 1.807) is 11.0 Å². The van der Waals surface area contributed by atoms with Gasteiger partial charge in [0.15, 0.2) is 5.82 Å². The molecule has 5 rings (SSSR count). The number of aromatic amines is 1. The van der Waals surface area contributed by atoms with Gasteiger partial charge in [-0.1, -0.05) is 54.6 Å². The summed E-state index contributed by atoms with van der Waals surface area (Å²) in [5.41, 5.74) is 2.97. The van der Waals surface area contributed by atoms with Gasteiger partial charge in [0.05, 0.1) is 18.8 Å². The summed E-state index contributed by atoms with van der Waals surface area (Å²) in [5, 5.41) is 14.9. The van der Waals surface area contributed by atoms with Crippen LogP contribution in [0.15, 0.2) is 72.8 Å². The summed E-state index contributed by atoms with van der Waals surface area (Å²) in [4.78, 5) is 27.2. The molecule has 1 aliphatic rings. The topological polar surface area (TPSA) is 90.1 Å². The molecule has 3 aromatic carbocycles. The van der Waals surface area contributed by atoms with Crippen molar-refractivity contribution in [3.05, 3.63) is 89.6 Å². The van der Waals surface area contributed by atoms with Crippen molar-refractivity contribution in [1.29, 1.82) is 0 Å². The normalized spacial score (nSPS) is 12.6. The molecule has 7 heteroatoms. The van der Waals surface area contributed by atoms with Crippen LogP contribution in [0.25, 0.3) is 10.8 Å². The van der Waals surface area contributed by atoms with Crippen LogP contribution in [-0.2, 0) is 13.1 Å². The maximum absolute atomic E-state index is 12.9. The van der Waals surface area contributed by atoms with E-state index < -0.39 is 0 Å². The fourth-order valence-electron chi connectivity index (χ4n) is 3.71. The van der Waals surface area contributed by atoms with Gasteiger partial charge in [0.25, 0.3) is 5.91 Å². The predicted octanol–water partition coefficient (Wildman–Crippen LogP) is 4.36. The zero-order chi connectivity index (χ0) is 20.5. The minimum atomic E-state index is -0.228. The van der Waals surface area contributed by atoms with Crippen molar-refractivity contribution >= 4 is 34.2 Å². The molecule has 0 saturated carbocycles. The van der Waals surface area contributed by atoms with Gasteiger partial charge in [-0.05, 0) is 29.0 Å². The van der Waals surface area contributed by atoms with Gasteiger partial charge in [-0.15, -0.1) is 0 Å². The lowest BCUT2D eigenvalue weighted by Gasteiger charge is -2.16. The van der Waals surface area contributed by atoms with Crippen LogP contribution >= 0.6 is 0 Å². The molecule has 30 heavy (non-hydrogen) atoms. The van der Waals surface area contributed by atoms with Crippen molar-refractivity contribution in [3.63, 3.8) is 0 Å². The lowest BCUT2D eigenvalue weighted by Crippen LogP contribution is -2.30. The lowest BCUT2D eigenvalue weighted by atomic mass is 10.0. The maximum Gasteiger partial charge on any atom is 0.322 e. The molecule has 0 saturated heterocycles. The summed E-state index contributed by atoms with van der Waals surface area (Å²) in [7, 11) is 0. The molecule has 4 aromatic rings. The van der Waals surface area contributed by atoms with Crippen LogP contribution in [0.5, 0.6) is 0 Å². The van der Waals surface area contributed by atoms with Crippen molar-refractivity contribution in [2.24, 2.45) is 0 Å². The molecule has 0 bridgehead atoms. The summed E-state index contributed by atoms with van der Waals surface area (Å²) < 4.78 is 0. The van der Waals surface area contributed by atoms with Crippen molar-refractivity contribution in [1.82, 2.24) is 15.1 Å². The number of nitrogens with zero attached hydrogens (tertiary/aromatic N) is 2. The van der Waals surface area contributed by atoms with Crippen LogP contribution in [0.1, 0.15) is 21.6 Å². The Labute approximate surface area is 172 Å². The average Bonchev–Trinajstić information content (AvgIpc) is 3.36. The van der Waals surface area contributed by atoms with Gasteiger partial charge < -0.3 is 15.5 Å². The Morgan fingerprint density at radius 1 is 0.867 bits per heavy atom. The highest BCUT2D eigenvalue weighted by molar-refractivity contribution is 6.12. The molecule has 2 heterocycles. The highest BCUT2D eigenvalue weighted by Gasteiger charge is 2.29. The lowest BCUT2D eigenvalue weighted by molar-refractivity contribution is 0.102. The molecule has 0 spiro atoms. The minimum Gasteiger partial charge on any atom is -0.314 e. The summed E-state index contributed by atoms with van der Waals surface area (Å²) >= 11 is 0. The van der Waals surface area contributed by atoms with E-state index in [-0.39, 0.29) is 11.9 Å². The third kappa shape index (κ3) is 3.26. The first-order valence-electron chi connectivity index (χ1n) is 9.65. The number of para-hydroxylation sites is 1. The van der Waals surface area contributed by atoms with Crippen LogP contribution < -0.4 is 10.6 Å². The molecule has 148 valence electrons. The molecule has 0 unspecified atom stereocenters. The number of carbonyl (C=O) groups is 2. The van der Waals surface area contributed by atoms with E-state index in [2.05, 4.69) is 20.8 Å². The Hall–Kier alpha value is -4.13. The number of aromatic nitrogens is 2. The Morgan fingerprint density at radius 3 is 2.50 bits per heavy atom. The standard InChI is InChI=1S/C23H19N5O2/c29-22(18-12-6-8-15-7-4-5-11-17(15)18)25-21-19-13-28(14-20(19)26-27-21)23(30)24-16-9-2-1-3-10-16/h1-12H,13-14H2,(H,24,30)(H2,25,26,27,29). The third-order valence-corrected chi connectivity index (χ3v) is 5.23. The molecular formula is C23H19N5O2. The van der Waals surface area contributed by atoms with E-state index in [0.29, 0.717) is 24.5 Å². The van der Waals surface area contributed by atoms with Crippen molar-refractivity contribution in [2.45, 2.75) is 13.1 Å². The van der Waals surface area contributed by atoms with E-state index in [1.807, 2.05) is 66.7 Å². The van der Waals surface area contributed by atoms with Gasteiger partial charge in [0, 0.05) is 16.8 Å². The number of amides is 3. The number of hydrogen-bond acceptors (Lipinski definition) is 3. The van der Waals surface area contributed by atoms with Crippen LogP contribution in [0.4, 0.5) is 16.3 Å². The van der Waals surface area contributed by atoms with Gasteiger partial charge >= 0.3 is 6.03 Å². The Kier molecular flexibility index (Phi) is 4.40. The number of anilines is 2. The minimum absolute atomic E-state index is 0.197. The Bertz CT molecular complexity index is 1240. The van der Waals surface area contributed by atoms with Crippen LogP contribution in [0.2, 0.25) is 0 Å². The Morgan fingerprint density at radius 2 is 1.63 bits per heavy atom. The van der Waals surface area contributed by atoms with E-state index in [9.17, 15) is 9.59 Å². The fourth-order valence-corrected chi connectivity index (χ4v) is 3.71. The summed E-state index contributed by atoms with van der Waals surface area (Å²) in [5.74, 6) is 0.228. The van der Waals surface area contributed by atoms with Gasteiger partial charge in [-0.3, -0.25) is 9.89 Å². The molecule has 3 N–H and O–H groups in total. The summed E-state index contributed by atoms with van der Waals surface area (Å²) in [6, 6.07) is 22.5. The van der Waals surface area contributed by atoms with Crippen LogP contribution in [-0.4, -0.2) is 27.0 Å². The van der Waals surface area contributed by atoms with E-state index >= 15 is 0 Å². The van der Waals surface area contributed by atoms with Gasteiger partial charge in [-0.25, -0.2) is 4.79 Å². The van der Waals surface area contributed by atoms with Gasteiger partial charge in [-0.2, -0.15) is 5.10 Å². The van der Waals surface area contributed by atoms with Crippen molar-refractivity contribution in [2.75, 3.05) is 10.6 Å². The summed E-state index contributed by atoms with van der Waals surface area (Å²) in [6.45, 7) is 0.779. The maximum atomic E-state index is 12.9. The highest BCUT2D eigenvalue weighted by atomic mass is 16.2. The highest BCUT2D eigenvalue weighted by Crippen LogP contribution is 2.28. The first-order chi connectivity index (χ1) is 14.7. The number of H-pyrrole nitrogens is 1. The molecule has 0 fully saturated rings. The number of carbonyl (C=O) groups excluding carboxylic acids is 2. The van der Waals surface area contributed by atoms with E-state index in [4.69, 9.17) is 0 Å². The molecule has 0 radical (unpaired) electrons. The van der Waals surface area contributed by atoms with Gasteiger partial charge in [0.2, 0.25) is 0 Å². The molecule has 0 aliphatic carbocycles. The van der Waals surface area contributed by atoms with Crippen molar-refractivity contribution in [3.8, 4) is 0 Å². The SMILES string of the molecule is O=C(Nc1n[nH]c2c1CN(C(=O)Nc1ccccc1)C2)c1cccc2ccccc12. The van der Waals surface area contributed by atoms with Crippen molar-refractivity contribution < 1.29 is 9.59 Å². The number of fused-ring (bicyclic) bond motifs is 2. The zero-order valence-corrected chi connectivity index (χ0v) is 16.1. The van der Waals surface area contributed by atoms with E-state index in [1.165, 1.54) is 0 Å². The first kappa shape index (κ1) is 17.9. The number of urea groups is 1. The quantitative estimate of drug-likeness (QED) is 0.480. The average molecular weight is 397 g/mol. The largest absolute Gasteiger partial charge is 0.322 e. The number of nitrogens with one attached hydrogen (secondary N) is 3. The monoisotopic (exact) mass is 397 g/mol. The summed E-state index contributed by atoms with van der Waals surface area (Å²) in [6.07, 6.45) is 0. The smallest absolute Gasteiger partial charge is 0.314 e. The Balaban J connectivity index is 1.32. The predicted molar refractivity (Wildman–Crippen MR) is 115 cm³/mol. The van der Waals surface area contributed by atoms with Crippen LogP contribution in [0, 0.1) is 0 Å². The number of rotatable bonds is 3. The van der Waals surface area contributed by atoms with Gasteiger partial charge in [0.1, 0.15) is 0 Å². The zero-order valence-electron chi connectivity index (χ0n) is 16.1. The molecule has 1 aliphatic heterocycles. The molecule has 0 atom stereocenters. The second-order valence-corrected chi connectivity index (χ2v) is 7.16. The molecule has 1 aromatic heterocycles. The molecule has 3 amide bonds. The number of benzene rings is 3. The second kappa shape index (κ2) is 7.36. The molecule has 7 nitrogen and oxygen atoms in total. The third-order valence-electron chi connectivity index (χ3n) is 5.23.